The van der Waals surface area contributed by atoms with E-state index in [9.17, 15) is 9.59 Å². The lowest BCUT2D eigenvalue weighted by Gasteiger charge is -2.23. The minimum Gasteiger partial charge on any atom is -0.490 e. The Labute approximate surface area is 246 Å². The quantitative estimate of drug-likeness (QED) is 0.224. The van der Waals surface area contributed by atoms with Gasteiger partial charge in [0.05, 0.1) is 40.9 Å². The van der Waals surface area contributed by atoms with Crippen LogP contribution >= 0.6 is 43.2 Å². The zero-order chi connectivity index (χ0) is 28.1. The van der Waals surface area contributed by atoms with Gasteiger partial charge in [-0.15, -0.1) is 0 Å². The predicted molar refractivity (Wildman–Crippen MR) is 157 cm³/mol. The first-order valence-electron chi connectivity index (χ1n) is 12.0. The average molecular weight is 678 g/mol. The number of fused-ring (bicyclic) bond motifs is 1. The van der Waals surface area contributed by atoms with Gasteiger partial charge in [-0.2, -0.15) is 0 Å². The second-order valence-corrected chi connectivity index (χ2v) is 10.9. The van der Waals surface area contributed by atoms with E-state index in [4.69, 9.17) is 18.9 Å². The van der Waals surface area contributed by atoms with Crippen molar-refractivity contribution in [3.8, 4) is 17.2 Å². The van der Waals surface area contributed by atoms with Crippen molar-refractivity contribution in [1.29, 1.82) is 0 Å². The summed E-state index contributed by atoms with van der Waals surface area (Å²) in [5, 5.41) is 0. The molecule has 1 aromatic heterocycles. The first-order chi connectivity index (χ1) is 18.8. The van der Waals surface area contributed by atoms with Gasteiger partial charge in [0.1, 0.15) is 12.4 Å². The van der Waals surface area contributed by atoms with Crippen molar-refractivity contribution in [3.05, 3.63) is 94.5 Å². The molecule has 0 spiro atoms. The highest BCUT2D eigenvalue weighted by Gasteiger charge is 2.31. The Bertz CT molecular complexity index is 1630. The van der Waals surface area contributed by atoms with Crippen LogP contribution in [-0.2, 0) is 9.53 Å². The molecule has 0 N–H and O–H groups in total. The summed E-state index contributed by atoms with van der Waals surface area (Å²) < 4.78 is 25.9. The normalized spacial score (nSPS) is 14.6. The van der Waals surface area contributed by atoms with Crippen LogP contribution in [0.1, 0.15) is 31.0 Å². The van der Waals surface area contributed by atoms with E-state index in [1.54, 1.807) is 24.3 Å². The number of hydrogen-bond acceptors (Lipinski definition) is 8. The van der Waals surface area contributed by atoms with Crippen LogP contribution < -0.4 is 29.1 Å². The summed E-state index contributed by atoms with van der Waals surface area (Å²) in [4.78, 5) is 31.6. The van der Waals surface area contributed by atoms with E-state index >= 15 is 0 Å². The van der Waals surface area contributed by atoms with Gasteiger partial charge in [-0.3, -0.25) is 9.36 Å². The maximum Gasteiger partial charge on any atom is 0.337 e. The summed E-state index contributed by atoms with van der Waals surface area (Å²) >= 11 is 8.26. The van der Waals surface area contributed by atoms with Gasteiger partial charge in [0.15, 0.2) is 16.3 Å². The number of halogens is 2. The second kappa shape index (κ2) is 12.8. The molecule has 0 saturated carbocycles. The lowest BCUT2D eigenvalue weighted by atomic mass is 9.97. The molecule has 39 heavy (non-hydrogen) atoms. The smallest absolute Gasteiger partial charge is 0.337 e. The second-order valence-electron chi connectivity index (χ2n) is 8.15. The molecule has 0 fully saturated rings. The molecule has 0 unspecified atom stereocenters. The number of ether oxygens (including phenoxy) is 4. The van der Waals surface area contributed by atoms with Gasteiger partial charge in [0, 0.05) is 16.2 Å². The van der Waals surface area contributed by atoms with E-state index in [1.165, 1.54) is 29.2 Å². The molecular formula is C28H26Br2N2O6S. The van der Waals surface area contributed by atoms with E-state index in [0.717, 1.165) is 8.95 Å². The number of hydrogen-bond donors (Lipinski definition) is 0. The zero-order valence-corrected chi connectivity index (χ0v) is 25.5. The molecule has 2 aromatic carbocycles. The van der Waals surface area contributed by atoms with Gasteiger partial charge in [-0.05, 0) is 65.7 Å². The van der Waals surface area contributed by atoms with Gasteiger partial charge < -0.3 is 18.9 Å². The summed E-state index contributed by atoms with van der Waals surface area (Å²) in [5.41, 5.74) is 1.26. The van der Waals surface area contributed by atoms with Crippen molar-refractivity contribution < 1.29 is 23.7 Å². The topological polar surface area (TPSA) is 88.3 Å². The monoisotopic (exact) mass is 676 g/mol. The number of thiazole rings is 1. The van der Waals surface area contributed by atoms with Crippen molar-refractivity contribution in [1.82, 2.24) is 4.57 Å². The third-order valence-electron chi connectivity index (χ3n) is 5.68. The molecule has 8 nitrogen and oxygen atoms in total. The highest BCUT2D eigenvalue weighted by Crippen LogP contribution is 2.36. The van der Waals surface area contributed by atoms with Gasteiger partial charge in [0.25, 0.3) is 5.56 Å². The molecule has 2 heterocycles. The Hall–Kier alpha value is -3.15. The number of esters is 1. The first-order valence-corrected chi connectivity index (χ1v) is 14.4. The number of aromatic nitrogens is 1. The number of carbonyl (C=O) groups excluding carboxylic acids is 1. The number of nitrogens with zero attached hydrogens (tertiary/aromatic N) is 2. The summed E-state index contributed by atoms with van der Waals surface area (Å²) in [6, 6.07) is 8.31. The lowest BCUT2D eigenvalue weighted by Crippen LogP contribution is -2.39. The third-order valence-corrected chi connectivity index (χ3v) is 7.72. The fraction of sp³-hybridized carbons (Fsp3) is 0.250. The van der Waals surface area contributed by atoms with Crippen LogP contribution in [0.15, 0.2) is 73.5 Å². The van der Waals surface area contributed by atoms with Crippen molar-refractivity contribution in [2.45, 2.75) is 19.9 Å². The van der Waals surface area contributed by atoms with E-state index in [0.29, 0.717) is 57.5 Å². The Kier molecular flexibility index (Phi) is 9.47. The molecule has 204 valence electrons. The van der Waals surface area contributed by atoms with Crippen molar-refractivity contribution in [2.75, 3.05) is 26.9 Å². The summed E-state index contributed by atoms with van der Waals surface area (Å²) in [6.45, 7) is 8.65. The van der Waals surface area contributed by atoms with Crippen LogP contribution in [-0.4, -0.2) is 37.5 Å². The minimum atomic E-state index is -0.781. The molecule has 0 amide bonds. The van der Waals surface area contributed by atoms with Crippen molar-refractivity contribution in [2.24, 2.45) is 4.99 Å². The average Bonchev–Trinajstić information content (AvgIpc) is 3.23. The maximum absolute atomic E-state index is 13.9. The molecule has 1 aliphatic rings. The Morgan fingerprint density at radius 1 is 1.13 bits per heavy atom. The third kappa shape index (κ3) is 6.05. The molecule has 0 radical (unpaired) electrons. The number of benzene rings is 2. The predicted octanol–water partition coefficient (Wildman–Crippen LogP) is 4.91. The Morgan fingerprint density at radius 2 is 1.87 bits per heavy atom. The summed E-state index contributed by atoms with van der Waals surface area (Å²) in [5.74, 6) is 1.08. The highest BCUT2D eigenvalue weighted by molar-refractivity contribution is 9.11. The lowest BCUT2D eigenvalue weighted by molar-refractivity contribution is -0.136. The first kappa shape index (κ1) is 28.8. The molecule has 0 saturated heterocycles. The fourth-order valence-electron chi connectivity index (χ4n) is 4.11. The number of carbonyl (C=O) groups is 1. The van der Waals surface area contributed by atoms with E-state index in [2.05, 4.69) is 43.4 Å². The molecule has 1 atom stereocenters. The largest absolute Gasteiger partial charge is 0.490 e. The summed E-state index contributed by atoms with van der Waals surface area (Å²) in [7, 11) is 1.30. The van der Waals surface area contributed by atoms with Crippen LogP contribution in [0.25, 0.3) is 6.08 Å². The fourth-order valence-corrected chi connectivity index (χ4v) is 6.44. The molecule has 1 aliphatic heterocycles. The summed E-state index contributed by atoms with van der Waals surface area (Å²) in [6.07, 6.45) is 4.85. The van der Waals surface area contributed by atoms with Gasteiger partial charge >= 0.3 is 5.97 Å². The van der Waals surface area contributed by atoms with Crippen molar-refractivity contribution in [3.63, 3.8) is 0 Å². The van der Waals surface area contributed by atoms with Crippen LogP contribution in [0.4, 0.5) is 0 Å². The van der Waals surface area contributed by atoms with Gasteiger partial charge in [-0.25, -0.2) is 9.79 Å². The Balaban J connectivity index is 1.93. The van der Waals surface area contributed by atoms with Crippen LogP contribution in [0.3, 0.4) is 0 Å². The highest BCUT2D eigenvalue weighted by atomic mass is 79.9. The van der Waals surface area contributed by atoms with E-state index in [1.807, 2.05) is 32.0 Å². The van der Waals surface area contributed by atoms with Crippen LogP contribution in [0, 0.1) is 0 Å². The SMILES string of the molecule is C=CCOc1c(Br)cc(Br)cc1/C=c1/sc2n(c1=O)[C@@H](c1ccc(OCC)c(OCC)c1)C(C(=O)OC)=CN=2. The van der Waals surface area contributed by atoms with Gasteiger partial charge in [-0.1, -0.05) is 46.0 Å². The number of methoxy groups -OCH3 is 1. The molecule has 4 rings (SSSR count). The standard InChI is InChI=1S/C28H26Br2N2O6S/c1-5-10-38-25-17(11-18(29)14-20(25)30)13-23-26(33)32-24(19(27(34)35-4)15-31-28(32)39-23)16-8-9-21(36-6-2)22(12-16)37-7-3/h5,8-9,11-15,24H,1,6-7,10H2,2-4H3/b23-13+/t24-/m0/s1. The zero-order valence-electron chi connectivity index (χ0n) is 21.5. The maximum atomic E-state index is 13.9. The van der Waals surface area contributed by atoms with Gasteiger partial charge in [0.2, 0.25) is 0 Å². The minimum absolute atomic E-state index is 0.225. The molecular weight excluding hydrogens is 652 g/mol. The number of rotatable bonds is 10. The van der Waals surface area contributed by atoms with E-state index in [-0.39, 0.29) is 11.1 Å². The molecule has 11 heteroatoms. The van der Waals surface area contributed by atoms with Crippen molar-refractivity contribution >= 4 is 55.2 Å². The van der Waals surface area contributed by atoms with Crippen LogP contribution in [0.2, 0.25) is 0 Å². The Morgan fingerprint density at radius 3 is 2.56 bits per heavy atom. The molecule has 3 aromatic rings. The molecule has 0 aliphatic carbocycles. The van der Waals surface area contributed by atoms with Crippen LogP contribution in [0.5, 0.6) is 17.2 Å². The molecule has 0 bridgehead atoms. The van der Waals surface area contributed by atoms with E-state index < -0.39 is 12.0 Å².